The van der Waals surface area contributed by atoms with Crippen LogP contribution < -0.4 is 0 Å². The predicted octanol–water partition coefficient (Wildman–Crippen LogP) is 5.97. The molecule has 1 nitrogen and oxygen atoms in total. The summed E-state index contributed by atoms with van der Waals surface area (Å²) in [6, 6.07) is 10.1. The van der Waals surface area contributed by atoms with Crippen LogP contribution in [0.3, 0.4) is 0 Å². The SMILES string of the molecule is C=C(C)C(=O)SC(CCCCCC)CC(=S)c1ccccc1. The zero-order valence-electron chi connectivity index (χ0n) is 13.6. The van der Waals surface area contributed by atoms with Crippen LogP contribution in [0.5, 0.6) is 0 Å². The molecule has 1 aromatic carbocycles. The second-order valence-electron chi connectivity index (χ2n) is 5.65. The first-order chi connectivity index (χ1) is 10.5. The van der Waals surface area contributed by atoms with E-state index < -0.39 is 0 Å². The molecule has 0 radical (unpaired) electrons. The molecule has 0 amide bonds. The van der Waals surface area contributed by atoms with Crippen LogP contribution in [-0.4, -0.2) is 15.2 Å². The van der Waals surface area contributed by atoms with Gasteiger partial charge in [0, 0.05) is 10.1 Å². The molecule has 0 aromatic heterocycles. The molecule has 0 saturated heterocycles. The summed E-state index contributed by atoms with van der Waals surface area (Å²) in [4.78, 5) is 12.9. The first-order valence-corrected chi connectivity index (χ1v) is 9.28. The normalized spacial score (nSPS) is 11.9. The Kier molecular flexibility index (Phi) is 9.33. The lowest BCUT2D eigenvalue weighted by atomic mass is 10.0. The zero-order valence-corrected chi connectivity index (χ0v) is 15.3. The molecule has 1 rings (SSSR count). The Morgan fingerprint density at radius 3 is 2.50 bits per heavy atom. The van der Waals surface area contributed by atoms with E-state index in [0.29, 0.717) is 5.57 Å². The Labute approximate surface area is 144 Å². The molecule has 3 heteroatoms. The van der Waals surface area contributed by atoms with Gasteiger partial charge in [0.15, 0.2) is 0 Å². The molecule has 22 heavy (non-hydrogen) atoms. The fraction of sp³-hybridized carbons (Fsp3) is 0.474. The molecule has 0 heterocycles. The number of thiocarbonyl (C=S) groups is 1. The lowest BCUT2D eigenvalue weighted by Crippen LogP contribution is -2.13. The first kappa shape index (κ1) is 19.1. The third-order valence-electron chi connectivity index (χ3n) is 3.51. The second kappa shape index (κ2) is 10.7. The molecule has 120 valence electrons. The van der Waals surface area contributed by atoms with Gasteiger partial charge < -0.3 is 0 Å². The maximum Gasteiger partial charge on any atom is 0.214 e. The van der Waals surface area contributed by atoms with E-state index in [-0.39, 0.29) is 10.4 Å². The van der Waals surface area contributed by atoms with Gasteiger partial charge in [0.25, 0.3) is 0 Å². The Bertz CT molecular complexity index is 493. The van der Waals surface area contributed by atoms with Crippen LogP contribution in [0.2, 0.25) is 0 Å². The van der Waals surface area contributed by atoms with Crippen LogP contribution in [0, 0.1) is 0 Å². The van der Waals surface area contributed by atoms with Gasteiger partial charge in [0.1, 0.15) is 0 Å². The minimum atomic E-state index is 0.0938. The third-order valence-corrected chi connectivity index (χ3v) is 5.21. The lowest BCUT2D eigenvalue weighted by Gasteiger charge is -2.16. The van der Waals surface area contributed by atoms with Crippen molar-refractivity contribution in [2.45, 2.75) is 57.6 Å². The maximum atomic E-state index is 12.0. The Hall–Kier alpha value is -0.930. The van der Waals surface area contributed by atoms with Crippen molar-refractivity contribution in [1.82, 2.24) is 0 Å². The number of carbonyl (C=O) groups is 1. The van der Waals surface area contributed by atoms with Crippen molar-refractivity contribution in [2.24, 2.45) is 0 Å². The number of thioether (sulfide) groups is 1. The first-order valence-electron chi connectivity index (χ1n) is 7.99. The summed E-state index contributed by atoms with van der Waals surface area (Å²) in [6.45, 7) is 7.74. The van der Waals surface area contributed by atoms with Crippen LogP contribution in [0.15, 0.2) is 42.5 Å². The van der Waals surface area contributed by atoms with Crippen molar-refractivity contribution < 1.29 is 4.79 Å². The second-order valence-corrected chi connectivity index (χ2v) is 7.42. The van der Waals surface area contributed by atoms with Gasteiger partial charge in [0.2, 0.25) is 5.12 Å². The fourth-order valence-electron chi connectivity index (χ4n) is 2.20. The standard InChI is InChI=1S/C19H26OS2/c1-4-5-6-10-13-17(22-19(20)15(2)3)14-18(21)16-11-8-7-9-12-16/h7-9,11-12,17H,2,4-6,10,13-14H2,1,3H3. The average molecular weight is 335 g/mol. The number of unbranched alkanes of at least 4 members (excludes halogenated alkanes) is 3. The molecule has 1 atom stereocenters. The summed E-state index contributed by atoms with van der Waals surface area (Å²) in [5, 5.41) is 0.352. The van der Waals surface area contributed by atoms with E-state index in [0.717, 1.165) is 29.7 Å². The number of benzene rings is 1. The minimum absolute atomic E-state index is 0.0938. The maximum absolute atomic E-state index is 12.0. The van der Waals surface area contributed by atoms with Crippen molar-refractivity contribution in [3.63, 3.8) is 0 Å². The molecule has 0 N–H and O–H groups in total. The molecule has 0 aliphatic heterocycles. The van der Waals surface area contributed by atoms with E-state index in [1.165, 1.54) is 31.0 Å². The van der Waals surface area contributed by atoms with Gasteiger partial charge in [0.05, 0.1) is 0 Å². The largest absolute Gasteiger partial charge is 0.282 e. The van der Waals surface area contributed by atoms with Crippen LogP contribution in [0.25, 0.3) is 0 Å². The number of carbonyl (C=O) groups excluding carboxylic acids is 1. The molecular formula is C19H26OS2. The highest BCUT2D eigenvalue weighted by Crippen LogP contribution is 2.26. The molecule has 0 fully saturated rings. The molecule has 0 aliphatic carbocycles. The molecule has 1 aromatic rings. The highest BCUT2D eigenvalue weighted by atomic mass is 32.2. The summed E-state index contributed by atoms with van der Waals surface area (Å²) in [5.41, 5.74) is 1.72. The highest BCUT2D eigenvalue weighted by molar-refractivity contribution is 8.14. The van der Waals surface area contributed by atoms with Gasteiger partial charge in [-0.1, -0.05) is 93.5 Å². The van der Waals surface area contributed by atoms with Crippen LogP contribution in [0.4, 0.5) is 0 Å². The summed E-state index contributed by atoms with van der Waals surface area (Å²) in [5.74, 6) is 0. The summed E-state index contributed by atoms with van der Waals surface area (Å²) in [6.07, 6.45) is 6.70. The van der Waals surface area contributed by atoms with Crippen molar-refractivity contribution in [1.29, 1.82) is 0 Å². The third kappa shape index (κ3) is 7.37. The van der Waals surface area contributed by atoms with Crippen molar-refractivity contribution in [3.05, 3.63) is 48.0 Å². The van der Waals surface area contributed by atoms with Gasteiger partial charge in [-0.3, -0.25) is 4.79 Å². The smallest absolute Gasteiger partial charge is 0.214 e. The molecule has 0 bridgehead atoms. The van der Waals surface area contributed by atoms with E-state index in [9.17, 15) is 4.79 Å². The quantitative estimate of drug-likeness (QED) is 0.227. The average Bonchev–Trinajstić information content (AvgIpc) is 2.52. The van der Waals surface area contributed by atoms with E-state index in [1.807, 2.05) is 30.3 Å². The van der Waals surface area contributed by atoms with E-state index >= 15 is 0 Å². The molecule has 0 aliphatic rings. The van der Waals surface area contributed by atoms with Crippen LogP contribution >= 0.6 is 24.0 Å². The van der Waals surface area contributed by atoms with Crippen LogP contribution in [0.1, 0.15) is 57.9 Å². The predicted molar refractivity (Wildman–Crippen MR) is 103 cm³/mol. The van der Waals surface area contributed by atoms with Gasteiger partial charge in [-0.15, -0.1) is 0 Å². The van der Waals surface area contributed by atoms with E-state index in [4.69, 9.17) is 12.2 Å². The highest BCUT2D eigenvalue weighted by Gasteiger charge is 2.17. The van der Waals surface area contributed by atoms with Gasteiger partial charge in [-0.2, -0.15) is 0 Å². The monoisotopic (exact) mass is 334 g/mol. The molecule has 0 saturated carbocycles. The summed E-state index contributed by atoms with van der Waals surface area (Å²) in [7, 11) is 0. The molecule has 1 unspecified atom stereocenters. The van der Waals surface area contributed by atoms with E-state index in [1.54, 1.807) is 6.92 Å². The van der Waals surface area contributed by atoms with E-state index in [2.05, 4.69) is 13.5 Å². The van der Waals surface area contributed by atoms with Crippen molar-refractivity contribution >= 4 is 34.0 Å². The minimum Gasteiger partial charge on any atom is -0.282 e. The van der Waals surface area contributed by atoms with Gasteiger partial charge in [-0.05, 0) is 30.9 Å². The number of hydrogen-bond donors (Lipinski definition) is 0. The van der Waals surface area contributed by atoms with Gasteiger partial charge in [-0.25, -0.2) is 0 Å². The lowest BCUT2D eigenvalue weighted by molar-refractivity contribution is -0.107. The summed E-state index contributed by atoms with van der Waals surface area (Å²) < 4.78 is 0. The van der Waals surface area contributed by atoms with Gasteiger partial charge >= 0.3 is 0 Å². The Morgan fingerprint density at radius 1 is 1.23 bits per heavy atom. The Morgan fingerprint density at radius 2 is 1.91 bits per heavy atom. The number of rotatable bonds is 10. The fourth-order valence-corrected chi connectivity index (χ4v) is 3.68. The molecule has 0 spiro atoms. The zero-order chi connectivity index (χ0) is 16.4. The Balaban J connectivity index is 2.61. The summed E-state index contributed by atoms with van der Waals surface area (Å²) >= 11 is 6.98. The van der Waals surface area contributed by atoms with Crippen molar-refractivity contribution in [2.75, 3.05) is 0 Å². The topological polar surface area (TPSA) is 17.1 Å². The van der Waals surface area contributed by atoms with Crippen LogP contribution in [-0.2, 0) is 4.79 Å². The van der Waals surface area contributed by atoms with Crippen molar-refractivity contribution in [3.8, 4) is 0 Å². The molecular weight excluding hydrogens is 308 g/mol. The number of hydrogen-bond acceptors (Lipinski definition) is 3.